The molecule has 2 aliphatic rings. The van der Waals surface area contributed by atoms with Gasteiger partial charge in [0.15, 0.2) is 0 Å². The molecule has 0 radical (unpaired) electrons. The van der Waals surface area contributed by atoms with Gasteiger partial charge >= 0.3 is 0 Å². The topological polar surface area (TPSA) is 29.9 Å². The van der Waals surface area contributed by atoms with E-state index in [2.05, 4.69) is 31.2 Å². The molecule has 2 aliphatic carbocycles. The number of hydrogen-bond acceptors (Lipinski definition) is 2. The molecule has 3 nitrogen and oxygen atoms in total. The van der Waals surface area contributed by atoms with Crippen molar-refractivity contribution in [1.29, 1.82) is 0 Å². The third-order valence-corrected chi connectivity index (χ3v) is 5.52. The SMILES string of the molecule is CC12CCC(C1)C(C)(C)C2NCCn1cccn1. The smallest absolute Gasteiger partial charge is 0.0534 e. The summed E-state index contributed by atoms with van der Waals surface area (Å²) in [6.45, 7) is 9.38. The van der Waals surface area contributed by atoms with Gasteiger partial charge in [-0.25, -0.2) is 0 Å². The van der Waals surface area contributed by atoms with Crippen LogP contribution in [0.1, 0.15) is 40.0 Å². The Labute approximate surface area is 110 Å². The minimum atomic E-state index is 0.455. The van der Waals surface area contributed by atoms with Crippen molar-refractivity contribution in [3.05, 3.63) is 18.5 Å². The average molecular weight is 247 g/mol. The Kier molecular flexibility index (Phi) is 2.77. The van der Waals surface area contributed by atoms with Crippen LogP contribution in [0.5, 0.6) is 0 Å². The Morgan fingerprint density at radius 1 is 1.39 bits per heavy atom. The maximum absolute atomic E-state index is 4.26. The fourth-order valence-corrected chi connectivity index (χ4v) is 4.57. The summed E-state index contributed by atoms with van der Waals surface area (Å²) in [6.07, 6.45) is 8.14. The molecule has 3 heteroatoms. The van der Waals surface area contributed by atoms with Gasteiger partial charge in [-0.1, -0.05) is 20.8 Å². The molecular formula is C15H25N3. The minimum Gasteiger partial charge on any atom is -0.311 e. The van der Waals surface area contributed by atoms with Gasteiger partial charge in [-0.3, -0.25) is 4.68 Å². The van der Waals surface area contributed by atoms with Crippen molar-refractivity contribution in [3.8, 4) is 0 Å². The second kappa shape index (κ2) is 4.09. The second-order valence-electron chi connectivity index (χ2n) is 7.07. The van der Waals surface area contributed by atoms with Crippen molar-refractivity contribution < 1.29 is 0 Å². The van der Waals surface area contributed by atoms with Crippen LogP contribution in [0.15, 0.2) is 18.5 Å². The van der Waals surface area contributed by atoms with E-state index in [1.165, 1.54) is 19.3 Å². The van der Waals surface area contributed by atoms with Gasteiger partial charge in [-0.05, 0) is 42.1 Å². The fraction of sp³-hybridized carbons (Fsp3) is 0.800. The van der Waals surface area contributed by atoms with Gasteiger partial charge in [0.2, 0.25) is 0 Å². The Hall–Kier alpha value is -0.830. The van der Waals surface area contributed by atoms with Gasteiger partial charge in [0.05, 0.1) is 6.54 Å². The quantitative estimate of drug-likeness (QED) is 0.886. The van der Waals surface area contributed by atoms with Gasteiger partial charge in [-0.15, -0.1) is 0 Å². The van der Waals surface area contributed by atoms with Crippen molar-refractivity contribution in [2.45, 2.75) is 52.6 Å². The molecule has 0 spiro atoms. The summed E-state index contributed by atoms with van der Waals surface area (Å²) in [5, 5.41) is 8.08. The van der Waals surface area contributed by atoms with Crippen LogP contribution in [0.3, 0.4) is 0 Å². The molecule has 0 aromatic carbocycles. The molecule has 1 aromatic heterocycles. The van der Waals surface area contributed by atoms with Gasteiger partial charge in [0.25, 0.3) is 0 Å². The zero-order valence-electron chi connectivity index (χ0n) is 11.8. The van der Waals surface area contributed by atoms with Crippen molar-refractivity contribution in [2.24, 2.45) is 16.7 Å². The van der Waals surface area contributed by atoms with E-state index in [0.29, 0.717) is 16.9 Å². The maximum Gasteiger partial charge on any atom is 0.0534 e. The number of nitrogens with zero attached hydrogens (tertiary/aromatic N) is 2. The molecule has 3 unspecified atom stereocenters. The van der Waals surface area contributed by atoms with E-state index in [4.69, 9.17) is 0 Å². The Bertz CT molecular complexity index is 405. The lowest BCUT2D eigenvalue weighted by molar-refractivity contribution is 0.108. The first-order valence-corrected chi connectivity index (χ1v) is 7.23. The molecule has 18 heavy (non-hydrogen) atoms. The summed E-state index contributed by atoms with van der Waals surface area (Å²) in [5.41, 5.74) is 0.982. The maximum atomic E-state index is 4.26. The van der Waals surface area contributed by atoms with Crippen LogP contribution in [0, 0.1) is 16.7 Å². The largest absolute Gasteiger partial charge is 0.311 e. The Morgan fingerprint density at radius 2 is 2.22 bits per heavy atom. The van der Waals surface area contributed by atoms with E-state index in [1.54, 1.807) is 0 Å². The van der Waals surface area contributed by atoms with Crippen molar-refractivity contribution >= 4 is 0 Å². The predicted molar refractivity (Wildman–Crippen MR) is 73.2 cm³/mol. The number of aromatic nitrogens is 2. The van der Waals surface area contributed by atoms with Crippen LogP contribution in [-0.4, -0.2) is 22.4 Å². The third kappa shape index (κ3) is 1.80. The second-order valence-corrected chi connectivity index (χ2v) is 7.07. The number of nitrogens with one attached hydrogen (secondary N) is 1. The molecule has 100 valence electrons. The molecule has 1 aromatic rings. The Balaban J connectivity index is 1.62. The van der Waals surface area contributed by atoms with E-state index in [0.717, 1.165) is 19.0 Å². The van der Waals surface area contributed by atoms with Crippen LogP contribution >= 0.6 is 0 Å². The van der Waals surface area contributed by atoms with E-state index in [-0.39, 0.29) is 0 Å². The zero-order valence-corrected chi connectivity index (χ0v) is 11.8. The molecule has 0 amide bonds. The number of hydrogen-bond donors (Lipinski definition) is 1. The van der Waals surface area contributed by atoms with Crippen LogP contribution in [0.2, 0.25) is 0 Å². The number of rotatable bonds is 4. The van der Waals surface area contributed by atoms with Crippen LogP contribution in [-0.2, 0) is 6.54 Å². The lowest BCUT2D eigenvalue weighted by Crippen LogP contribution is -2.51. The highest BCUT2D eigenvalue weighted by atomic mass is 15.3. The van der Waals surface area contributed by atoms with Crippen LogP contribution < -0.4 is 5.32 Å². The highest BCUT2D eigenvalue weighted by molar-refractivity contribution is 5.11. The summed E-state index contributed by atoms with van der Waals surface area (Å²) in [5.74, 6) is 0.921. The van der Waals surface area contributed by atoms with Gasteiger partial charge < -0.3 is 5.32 Å². The van der Waals surface area contributed by atoms with Gasteiger partial charge in [0, 0.05) is 25.0 Å². The molecular weight excluding hydrogens is 222 g/mol. The first kappa shape index (κ1) is 12.2. The first-order chi connectivity index (χ1) is 8.52. The monoisotopic (exact) mass is 247 g/mol. The normalized spacial score (nSPS) is 37.3. The van der Waals surface area contributed by atoms with Crippen LogP contribution in [0.4, 0.5) is 0 Å². The standard InChI is InChI=1S/C15H25N3/c1-14(2)12-5-6-15(3,11-12)13(14)16-8-10-18-9-4-7-17-18/h4,7,9,12-13,16H,5-6,8,10-11H2,1-3H3. The molecule has 2 fully saturated rings. The van der Waals surface area contributed by atoms with E-state index < -0.39 is 0 Å². The summed E-state index contributed by atoms with van der Waals surface area (Å²) < 4.78 is 2.01. The van der Waals surface area contributed by atoms with Crippen molar-refractivity contribution in [1.82, 2.24) is 15.1 Å². The highest BCUT2D eigenvalue weighted by Crippen LogP contribution is 2.62. The fourth-order valence-electron chi connectivity index (χ4n) is 4.57. The van der Waals surface area contributed by atoms with Gasteiger partial charge in [0.1, 0.15) is 0 Å². The molecule has 1 N–H and O–H groups in total. The highest BCUT2D eigenvalue weighted by Gasteiger charge is 2.58. The number of fused-ring (bicyclic) bond motifs is 2. The van der Waals surface area contributed by atoms with E-state index in [9.17, 15) is 0 Å². The van der Waals surface area contributed by atoms with Gasteiger partial charge in [-0.2, -0.15) is 5.10 Å². The lowest BCUT2D eigenvalue weighted by Gasteiger charge is -2.43. The van der Waals surface area contributed by atoms with Crippen molar-refractivity contribution in [2.75, 3.05) is 6.54 Å². The third-order valence-electron chi connectivity index (χ3n) is 5.52. The predicted octanol–water partition coefficient (Wildman–Crippen LogP) is 2.69. The molecule has 3 atom stereocenters. The summed E-state index contributed by atoms with van der Waals surface area (Å²) in [6, 6.07) is 2.65. The zero-order chi connectivity index (χ0) is 12.8. The molecule has 2 bridgehead atoms. The molecule has 3 rings (SSSR count). The molecule has 0 saturated heterocycles. The first-order valence-electron chi connectivity index (χ1n) is 7.23. The molecule has 1 heterocycles. The molecule has 0 aliphatic heterocycles. The molecule has 2 saturated carbocycles. The summed E-state index contributed by atoms with van der Waals surface area (Å²) >= 11 is 0. The average Bonchev–Trinajstić information content (AvgIpc) is 2.96. The van der Waals surface area contributed by atoms with Crippen LogP contribution in [0.25, 0.3) is 0 Å². The van der Waals surface area contributed by atoms with Crippen molar-refractivity contribution in [3.63, 3.8) is 0 Å². The minimum absolute atomic E-state index is 0.455. The van der Waals surface area contributed by atoms with E-state index >= 15 is 0 Å². The summed E-state index contributed by atoms with van der Waals surface area (Å²) in [7, 11) is 0. The Morgan fingerprint density at radius 3 is 2.83 bits per heavy atom. The summed E-state index contributed by atoms with van der Waals surface area (Å²) in [4.78, 5) is 0. The lowest BCUT2D eigenvalue weighted by atomic mass is 9.68. The van der Waals surface area contributed by atoms with E-state index in [1.807, 2.05) is 23.1 Å².